The first-order chi connectivity index (χ1) is 13.0. The van der Waals surface area contributed by atoms with E-state index in [1.807, 2.05) is 24.4 Å². The number of rotatable bonds is 5. The van der Waals surface area contributed by atoms with Crippen LogP contribution in [0.15, 0.2) is 66.9 Å². The van der Waals surface area contributed by atoms with Gasteiger partial charge in [-0.25, -0.2) is 0 Å². The first-order valence-electron chi connectivity index (χ1n) is 9.10. The molecule has 1 heterocycles. The molecule has 0 fully saturated rings. The lowest BCUT2D eigenvalue weighted by Crippen LogP contribution is -2.34. The number of aryl methyl sites for hydroxylation is 2. The molecule has 0 amide bonds. The first kappa shape index (κ1) is 19.1. The number of anilines is 1. The number of hydrogen-bond donors (Lipinski definition) is 1. The summed E-state index contributed by atoms with van der Waals surface area (Å²) in [5.74, 6) is 0. The largest absolute Gasteiger partial charge is 0.339 e. The summed E-state index contributed by atoms with van der Waals surface area (Å²) in [5.41, 5.74) is 6.99. The van der Waals surface area contributed by atoms with Crippen LogP contribution >= 0.6 is 12.2 Å². The Labute approximate surface area is 167 Å². The van der Waals surface area contributed by atoms with Crippen LogP contribution < -0.4 is 5.32 Å². The van der Waals surface area contributed by atoms with Crippen LogP contribution in [0.4, 0.5) is 5.69 Å². The number of pyridine rings is 1. The normalized spacial score (nSPS) is 10.5. The molecule has 0 saturated heterocycles. The van der Waals surface area contributed by atoms with E-state index in [4.69, 9.17) is 12.2 Å². The minimum atomic E-state index is 0.658. The van der Waals surface area contributed by atoms with Gasteiger partial charge in [0, 0.05) is 18.4 Å². The van der Waals surface area contributed by atoms with E-state index in [1.165, 1.54) is 22.3 Å². The highest BCUT2D eigenvalue weighted by Gasteiger charge is 2.13. The van der Waals surface area contributed by atoms with Crippen LogP contribution in [0.1, 0.15) is 27.9 Å². The van der Waals surface area contributed by atoms with Crippen LogP contribution in [-0.2, 0) is 13.1 Å². The summed E-state index contributed by atoms with van der Waals surface area (Å²) in [4.78, 5) is 6.62. The summed E-state index contributed by atoms with van der Waals surface area (Å²) in [6.45, 7) is 7.71. The molecule has 0 atom stereocenters. The van der Waals surface area contributed by atoms with E-state index in [0.717, 1.165) is 17.9 Å². The quantitative estimate of drug-likeness (QED) is 0.604. The molecule has 0 saturated carbocycles. The monoisotopic (exact) mass is 375 g/mol. The Morgan fingerprint density at radius 1 is 0.926 bits per heavy atom. The highest BCUT2D eigenvalue weighted by molar-refractivity contribution is 7.80. The van der Waals surface area contributed by atoms with Crippen molar-refractivity contribution >= 4 is 23.0 Å². The number of aromatic nitrogens is 1. The molecule has 3 rings (SSSR count). The standard InChI is InChI=1S/C23H25N3S/c1-17-10-12-20(13-11-17)15-26(16-21-8-4-5-14-24-21)23(27)25-22-9-6-7-18(2)19(22)3/h4-14H,15-16H2,1-3H3,(H,25,27). The highest BCUT2D eigenvalue weighted by Crippen LogP contribution is 2.20. The molecule has 0 spiro atoms. The van der Waals surface area contributed by atoms with Crippen LogP contribution in [0.5, 0.6) is 0 Å². The third-order valence-corrected chi connectivity index (χ3v) is 5.07. The summed E-state index contributed by atoms with van der Waals surface area (Å²) in [6.07, 6.45) is 1.82. The Morgan fingerprint density at radius 2 is 1.70 bits per heavy atom. The average Bonchev–Trinajstić information content (AvgIpc) is 2.67. The van der Waals surface area contributed by atoms with E-state index < -0.39 is 0 Å². The average molecular weight is 376 g/mol. The van der Waals surface area contributed by atoms with Gasteiger partial charge in [-0.3, -0.25) is 4.98 Å². The van der Waals surface area contributed by atoms with Gasteiger partial charge in [0.15, 0.2) is 5.11 Å². The number of nitrogens with one attached hydrogen (secondary N) is 1. The SMILES string of the molecule is Cc1ccc(CN(Cc2ccccn2)C(=S)Nc2cccc(C)c2C)cc1. The highest BCUT2D eigenvalue weighted by atomic mass is 32.1. The minimum Gasteiger partial charge on any atom is -0.339 e. The van der Waals surface area contributed by atoms with E-state index >= 15 is 0 Å². The van der Waals surface area contributed by atoms with Crippen LogP contribution in [0, 0.1) is 20.8 Å². The van der Waals surface area contributed by atoms with Gasteiger partial charge in [-0.15, -0.1) is 0 Å². The van der Waals surface area contributed by atoms with Crippen LogP contribution in [-0.4, -0.2) is 15.0 Å². The second-order valence-corrected chi connectivity index (χ2v) is 7.23. The van der Waals surface area contributed by atoms with E-state index in [2.05, 4.69) is 78.4 Å². The van der Waals surface area contributed by atoms with Crippen molar-refractivity contribution in [2.24, 2.45) is 0 Å². The summed E-state index contributed by atoms with van der Waals surface area (Å²) in [7, 11) is 0. The fourth-order valence-electron chi connectivity index (χ4n) is 2.88. The van der Waals surface area contributed by atoms with Gasteiger partial charge in [0.05, 0.1) is 12.2 Å². The minimum absolute atomic E-state index is 0.658. The Hall–Kier alpha value is -2.72. The Morgan fingerprint density at radius 3 is 2.41 bits per heavy atom. The van der Waals surface area contributed by atoms with Crippen molar-refractivity contribution in [3.8, 4) is 0 Å². The fraction of sp³-hybridized carbons (Fsp3) is 0.217. The number of nitrogens with zero attached hydrogens (tertiary/aromatic N) is 2. The number of thiocarbonyl (C=S) groups is 1. The van der Waals surface area contributed by atoms with E-state index in [-0.39, 0.29) is 0 Å². The molecule has 1 N–H and O–H groups in total. The third-order valence-electron chi connectivity index (χ3n) is 4.71. The lowest BCUT2D eigenvalue weighted by atomic mass is 10.1. The van der Waals surface area contributed by atoms with Gasteiger partial charge in [-0.1, -0.05) is 48.0 Å². The van der Waals surface area contributed by atoms with Crippen LogP contribution in [0.3, 0.4) is 0 Å². The lowest BCUT2D eigenvalue weighted by Gasteiger charge is -2.26. The second kappa shape index (κ2) is 8.78. The Balaban J connectivity index is 1.82. The predicted octanol–water partition coefficient (Wildman–Crippen LogP) is 5.41. The molecule has 4 heteroatoms. The molecular formula is C23H25N3S. The van der Waals surface area contributed by atoms with Crippen molar-refractivity contribution in [3.05, 3.63) is 94.8 Å². The smallest absolute Gasteiger partial charge is 0.174 e. The zero-order chi connectivity index (χ0) is 19.2. The summed E-state index contributed by atoms with van der Waals surface area (Å²) < 4.78 is 0. The zero-order valence-corrected chi connectivity index (χ0v) is 16.9. The van der Waals surface area contributed by atoms with Crippen molar-refractivity contribution in [1.82, 2.24) is 9.88 Å². The van der Waals surface area contributed by atoms with Gasteiger partial charge in [-0.05, 0) is 67.9 Å². The summed E-state index contributed by atoms with van der Waals surface area (Å²) in [6, 6.07) is 20.8. The lowest BCUT2D eigenvalue weighted by molar-refractivity contribution is 0.407. The Kier molecular flexibility index (Phi) is 6.20. The molecule has 2 aromatic carbocycles. The zero-order valence-electron chi connectivity index (χ0n) is 16.1. The van der Waals surface area contributed by atoms with Gasteiger partial charge in [0.1, 0.15) is 0 Å². The molecule has 1 aromatic heterocycles. The predicted molar refractivity (Wildman–Crippen MR) is 117 cm³/mol. The van der Waals surface area contributed by atoms with E-state index in [9.17, 15) is 0 Å². The maximum Gasteiger partial charge on any atom is 0.174 e. The molecule has 27 heavy (non-hydrogen) atoms. The molecule has 3 nitrogen and oxygen atoms in total. The molecular weight excluding hydrogens is 350 g/mol. The van der Waals surface area contributed by atoms with Crippen molar-refractivity contribution in [1.29, 1.82) is 0 Å². The molecule has 0 radical (unpaired) electrons. The third kappa shape index (κ3) is 5.14. The maximum absolute atomic E-state index is 5.77. The summed E-state index contributed by atoms with van der Waals surface area (Å²) in [5, 5.41) is 4.14. The van der Waals surface area contributed by atoms with Gasteiger partial charge in [0.2, 0.25) is 0 Å². The van der Waals surface area contributed by atoms with Crippen molar-refractivity contribution < 1.29 is 0 Å². The first-order valence-corrected chi connectivity index (χ1v) is 9.51. The molecule has 0 aliphatic rings. The molecule has 0 unspecified atom stereocenters. The molecule has 0 bridgehead atoms. The fourth-order valence-corrected chi connectivity index (χ4v) is 3.12. The van der Waals surface area contributed by atoms with E-state index in [0.29, 0.717) is 11.7 Å². The topological polar surface area (TPSA) is 28.2 Å². The molecule has 3 aromatic rings. The van der Waals surface area contributed by atoms with Crippen molar-refractivity contribution in [3.63, 3.8) is 0 Å². The van der Waals surface area contributed by atoms with Gasteiger partial charge >= 0.3 is 0 Å². The van der Waals surface area contributed by atoms with Gasteiger partial charge in [-0.2, -0.15) is 0 Å². The van der Waals surface area contributed by atoms with E-state index in [1.54, 1.807) is 0 Å². The van der Waals surface area contributed by atoms with Crippen molar-refractivity contribution in [2.75, 3.05) is 5.32 Å². The number of hydrogen-bond acceptors (Lipinski definition) is 2. The molecule has 138 valence electrons. The number of benzene rings is 2. The second-order valence-electron chi connectivity index (χ2n) is 6.84. The molecule has 0 aliphatic heterocycles. The molecule has 0 aliphatic carbocycles. The van der Waals surface area contributed by atoms with Crippen LogP contribution in [0.2, 0.25) is 0 Å². The van der Waals surface area contributed by atoms with Gasteiger partial charge in [0.25, 0.3) is 0 Å². The maximum atomic E-state index is 5.77. The van der Waals surface area contributed by atoms with Crippen LogP contribution in [0.25, 0.3) is 0 Å². The summed E-state index contributed by atoms with van der Waals surface area (Å²) >= 11 is 5.77. The Bertz CT molecular complexity index is 905. The van der Waals surface area contributed by atoms with Gasteiger partial charge < -0.3 is 10.2 Å². The van der Waals surface area contributed by atoms with Crippen molar-refractivity contribution in [2.45, 2.75) is 33.9 Å².